The van der Waals surface area contributed by atoms with Crippen LogP contribution >= 0.6 is 11.6 Å². The van der Waals surface area contributed by atoms with Gasteiger partial charge < -0.3 is 5.32 Å². The van der Waals surface area contributed by atoms with Crippen LogP contribution in [-0.4, -0.2) is 12.3 Å². The van der Waals surface area contributed by atoms with Gasteiger partial charge >= 0.3 is 0 Å². The second-order valence-corrected chi connectivity index (χ2v) is 3.65. The summed E-state index contributed by atoms with van der Waals surface area (Å²) in [5, 5.41) is 11.8. The summed E-state index contributed by atoms with van der Waals surface area (Å²) >= 11 is 5.72. The first-order valence-corrected chi connectivity index (χ1v) is 5.10. The zero-order valence-corrected chi connectivity index (χ0v) is 9.58. The maximum Gasteiger partial charge on any atom is 0.187 e. The number of halogens is 1. The topological polar surface area (TPSA) is 52.9 Å². The standard InChI is InChI=1S/C12H11ClN2O/c1-9(15-7-6-14)8-12(16)10-2-4-11(13)5-3-10/h2-5,8,15H,7H2,1H3/b9-8+. The SMILES string of the molecule is C/C(=C\C(=O)c1ccc(Cl)cc1)NCC#N. The lowest BCUT2D eigenvalue weighted by Crippen LogP contribution is -2.12. The van der Waals surface area contributed by atoms with E-state index in [-0.39, 0.29) is 12.3 Å². The van der Waals surface area contributed by atoms with Crippen LogP contribution in [0.3, 0.4) is 0 Å². The van der Waals surface area contributed by atoms with E-state index < -0.39 is 0 Å². The third-order valence-corrected chi connectivity index (χ3v) is 2.17. The molecule has 0 aliphatic carbocycles. The molecule has 0 atom stereocenters. The zero-order chi connectivity index (χ0) is 12.0. The second kappa shape index (κ2) is 5.94. The van der Waals surface area contributed by atoms with Gasteiger partial charge in [0.15, 0.2) is 5.78 Å². The molecule has 0 aliphatic rings. The summed E-state index contributed by atoms with van der Waals surface area (Å²) in [6, 6.07) is 8.60. The van der Waals surface area contributed by atoms with Gasteiger partial charge in [-0.1, -0.05) is 11.6 Å². The second-order valence-electron chi connectivity index (χ2n) is 3.21. The molecule has 1 N–H and O–H groups in total. The minimum atomic E-state index is -0.111. The summed E-state index contributed by atoms with van der Waals surface area (Å²) in [6.45, 7) is 1.93. The number of benzene rings is 1. The van der Waals surface area contributed by atoms with Gasteiger partial charge in [-0.15, -0.1) is 0 Å². The van der Waals surface area contributed by atoms with Crippen molar-refractivity contribution in [3.8, 4) is 6.07 Å². The van der Waals surface area contributed by atoms with E-state index in [0.29, 0.717) is 16.3 Å². The Bertz CT molecular complexity index is 443. The summed E-state index contributed by atoms with van der Waals surface area (Å²) in [4.78, 5) is 11.7. The number of carbonyl (C=O) groups excluding carboxylic acids is 1. The molecule has 0 aromatic heterocycles. The number of ketones is 1. The van der Waals surface area contributed by atoms with E-state index >= 15 is 0 Å². The molecule has 16 heavy (non-hydrogen) atoms. The Balaban J connectivity index is 2.72. The third kappa shape index (κ3) is 3.76. The molecule has 0 radical (unpaired) electrons. The molecule has 82 valence electrons. The van der Waals surface area contributed by atoms with E-state index in [4.69, 9.17) is 16.9 Å². The minimum Gasteiger partial charge on any atom is -0.376 e. The summed E-state index contributed by atoms with van der Waals surface area (Å²) in [5.41, 5.74) is 1.24. The van der Waals surface area contributed by atoms with Crippen molar-refractivity contribution in [3.05, 3.63) is 46.6 Å². The molecule has 0 bridgehead atoms. The molecule has 1 aromatic carbocycles. The molecule has 0 unspecified atom stereocenters. The highest BCUT2D eigenvalue weighted by Crippen LogP contribution is 2.10. The fourth-order valence-electron chi connectivity index (χ4n) is 1.12. The highest BCUT2D eigenvalue weighted by atomic mass is 35.5. The molecule has 0 fully saturated rings. The molecule has 1 aromatic rings. The Labute approximate surface area is 99.3 Å². The maximum atomic E-state index is 11.7. The van der Waals surface area contributed by atoms with E-state index in [9.17, 15) is 4.79 Å². The van der Waals surface area contributed by atoms with Crippen LogP contribution in [0.2, 0.25) is 5.02 Å². The van der Waals surface area contributed by atoms with Crippen LogP contribution in [0.4, 0.5) is 0 Å². The predicted molar refractivity (Wildman–Crippen MR) is 63.2 cm³/mol. The first-order valence-electron chi connectivity index (χ1n) is 4.72. The van der Waals surface area contributed by atoms with E-state index in [1.54, 1.807) is 31.2 Å². The molecular weight excluding hydrogens is 224 g/mol. The molecule has 0 saturated carbocycles. The number of hydrogen-bond donors (Lipinski definition) is 1. The number of hydrogen-bond acceptors (Lipinski definition) is 3. The summed E-state index contributed by atoms with van der Waals surface area (Å²) in [7, 11) is 0. The molecule has 0 spiro atoms. The molecule has 0 saturated heterocycles. The molecular formula is C12H11ClN2O. The molecule has 0 heterocycles. The zero-order valence-electron chi connectivity index (χ0n) is 8.83. The number of allylic oxidation sites excluding steroid dienone is 2. The van der Waals surface area contributed by atoms with Gasteiger partial charge in [0.25, 0.3) is 0 Å². The number of nitrogens with one attached hydrogen (secondary N) is 1. The summed E-state index contributed by atoms with van der Waals surface area (Å²) in [6.07, 6.45) is 1.46. The number of carbonyl (C=O) groups is 1. The van der Waals surface area contributed by atoms with Crippen LogP contribution in [0.1, 0.15) is 17.3 Å². The van der Waals surface area contributed by atoms with E-state index in [2.05, 4.69) is 5.32 Å². The molecule has 4 heteroatoms. The largest absolute Gasteiger partial charge is 0.376 e. The van der Waals surface area contributed by atoms with Gasteiger partial charge in [0.1, 0.15) is 6.54 Å². The Kier molecular flexibility index (Phi) is 4.56. The van der Waals surface area contributed by atoms with Crippen LogP contribution in [-0.2, 0) is 0 Å². The smallest absolute Gasteiger partial charge is 0.187 e. The van der Waals surface area contributed by atoms with Crippen LogP contribution in [0.5, 0.6) is 0 Å². The van der Waals surface area contributed by atoms with Gasteiger partial charge in [0.05, 0.1) is 6.07 Å². The minimum absolute atomic E-state index is 0.111. The lowest BCUT2D eigenvalue weighted by Gasteiger charge is -2.01. The Morgan fingerprint density at radius 1 is 1.50 bits per heavy atom. The Hall–Kier alpha value is -1.79. The third-order valence-electron chi connectivity index (χ3n) is 1.92. The van der Waals surface area contributed by atoms with E-state index in [1.807, 2.05) is 6.07 Å². The van der Waals surface area contributed by atoms with Crippen LogP contribution in [0.15, 0.2) is 36.0 Å². The quantitative estimate of drug-likeness (QED) is 0.495. The van der Waals surface area contributed by atoms with E-state index in [0.717, 1.165) is 0 Å². The summed E-state index contributed by atoms with van der Waals surface area (Å²) in [5.74, 6) is -0.111. The van der Waals surface area contributed by atoms with Gasteiger partial charge in [-0.05, 0) is 31.2 Å². The average molecular weight is 235 g/mol. The van der Waals surface area contributed by atoms with Crippen molar-refractivity contribution in [2.24, 2.45) is 0 Å². The van der Waals surface area contributed by atoms with Crippen molar-refractivity contribution < 1.29 is 4.79 Å². The monoisotopic (exact) mass is 234 g/mol. The normalized spacial score (nSPS) is 10.7. The molecule has 3 nitrogen and oxygen atoms in total. The first kappa shape index (κ1) is 12.3. The van der Waals surface area contributed by atoms with Crippen molar-refractivity contribution in [3.63, 3.8) is 0 Å². The average Bonchev–Trinajstić information content (AvgIpc) is 2.27. The highest BCUT2D eigenvalue weighted by molar-refractivity contribution is 6.30. The van der Waals surface area contributed by atoms with Gasteiger partial charge in [-0.2, -0.15) is 5.26 Å². The highest BCUT2D eigenvalue weighted by Gasteiger charge is 2.02. The van der Waals surface area contributed by atoms with Gasteiger partial charge in [0, 0.05) is 22.4 Å². The Morgan fingerprint density at radius 2 is 2.12 bits per heavy atom. The fraction of sp³-hybridized carbons (Fsp3) is 0.167. The van der Waals surface area contributed by atoms with Crippen LogP contribution < -0.4 is 5.32 Å². The van der Waals surface area contributed by atoms with Gasteiger partial charge in [-0.25, -0.2) is 0 Å². The number of rotatable bonds is 4. The predicted octanol–water partition coefficient (Wildman–Crippen LogP) is 2.54. The van der Waals surface area contributed by atoms with Crippen LogP contribution in [0, 0.1) is 11.3 Å². The fourth-order valence-corrected chi connectivity index (χ4v) is 1.25. The van der Waals surface area contributed by atoms with Gasteiger partial charge in [0.2, 0.25) is 0 Å². The molecule has 1 rings (SSSR count). The Morgan fingerprint density at radius 3 is 2.69 bits per heavy atom. The van der Waals surface area contributed by atoms with Crippen LogP contribution in [0.25, 0.3) is 0 Å². The maximum absolute atomic E-state index is 11.7. The van der Waals surface area contributed by atoms with Crippen molar-refractivity contribution in [2.45, 2.75) is 6.92 Å². The number of nitrogens with zero attached hydrogens (tertiary/aromatic N) is 1. The van der Waals surface area contributed by atoms with Crippen molar-refractivity contribution in [1.29, 1.82) is 5.26 Å². The van der Waals surface area contributed by atoms with Crippen molar-refractivity contribution in [2.75, 3.05) is 6.54 Å². The lowest BCUT2D eigenvalue weighted by atomic mass is 10.1. The molecule has 0 aliphatic heterocycles. The summed E-state index contributed by atoms with van der Waals surface area (Å²) < 4.78 is 0. The van der Waals surface area contributed by atoms with Crippen molar-refractivity contribution >= 4 is 17.4 Å². The lowest BCUT2D eigenvalue weighted by molar-refractivity contribution is 0.104. The first-order chi connectivity index (χ1) is 7.63. The number of nitriles is 1. The van der Waals surface area contributed by atoms with Gasteiger partial charge in [-0.3, -0.25) is 4.79 Å². The molecule has 0 amide bonds. The van der Waals surface area contributed by atoms with Crippen molar-refractivity contribution in [1.82, 2.24) is 5.32 Å². The van der Waals surface area contributed by atoms with E-state index in [1.165, 1.54) is 6.08 Å².